The molecule has 2 N–H and O–H groups in total. The Balaban J connectivity index is 2.03. The van der Waals surface area contributed by atoms with Crippen LogP contribution in [0.1, 0.15) is 27.7 Å². The molecule has 0 radical (unpaired) electrons. The molecule has 2 aromatic rings. The highest BCUT2D eigenvalue weighted by atomic mass is 35.5. The van der Waals surface area contributed by atoms with Crippen LogP contribution in [0, 0.1) is 5.41 Å². The molecule has 0 saturated carbocycles. The Bertz CT molecular complexity index is 786. The Labute approximate surface area is 158 Å². The number of halogens is 1. The summed E-state index contributed by atoms with van der Waals surface area (Å²) < 4.78 is 5.57. The quantitative estimate of drug-likeness (QED) is 0.718. The number of anilines is 2. The second kappa shape index (κ2) is 8.23. The molecule has 0 aliphatic rings. The molecule has 0 unspecified atom stereocenters. The van der Waals surface area contributed by atoms with E-state index in [4.69, 9.17) is 16.3 Å². The predicted molar refractivity (Wildman–Crippen MR) is 105 cm³/mol. The van der Waals surface area contributed by atoms with Gasteiger partial charge in [-0.25, -0.2) is 0 Å². The van der Waals surface area contributed by atoms with Gasteiger partial charge in [0, 0.05) is 16.4 Å². The minimum absolute atomic E-state index is 0.0737. The van der Waals surface area contributed by atoms with Gasteiger partial charge in [0.05, 0.1) is 6.10 Å². The van der Waals surface area contributed by atoms with E-state index in [9.17, 15) is 9.59 Å². The van der Waals surface area contributed by atoms with E-state index in [-0.39, 0.29) is 6.10 Å². The molecular weight excluding hydrogens is 352 g/mol. The van der Waals surface area contributed by atoms with Gasteiger partial charge in [-0.1, -0.05) is 17.7 Å². The van der Waals surface area contributed by atoms with Crippen LogP contribution in [0.2, 0.25) is 5.02 Å². The fourth-order valence-corrected chi connectivity index (χ4v) is 2.32. The molecule has 6 heteroatoms. The van der Waals surface area contributed by atoms with E-state index in [0.29, 0.717) is 16.4 Å². The Hall–Kier alpha value is -2.53. The molecule has 0 spiro atoms. The van der Waals surface area contributed by atoms with Gasteiger partial charge in [0.25, 0.3) is 0 Å². The van der Waals surface area contributed by atoms with Crippen molar-refractivity contribution in [3.05, 3.63) is 53.6 Å². The van der Waals surface area contributed by atoms with Gasteiger partial charge < -0.3 is 15.4 Å². The van der Waals surface area contributed by atoms with E-state index in [0.717, 1.165) is 5.75 Å². The van der Waals surface area contributed by atoms with Gasteiger partial charge >= 0.3 is 0 Å². The van der Waals surface area contributed by atoms with Crippen LogP contribution < -0.4 is 15.4 Å². The smallest absolute Gasteiger partial charge is 0.239 e. The highest BCUT2D eigenvalue weighted by Crippen LogP contribution is 2.24. The molecule has 2 amide bonds. The van der Waals surface area contributed by atoms with Crippen LogP contribution in [0.3, 0.4) is 0 Å². The average Bonchev–Trinajstić information content (AvgIpc) is 2.56. The van der Waals surface area contributed by atoms with Gasteiger partial charge in [0.2, 0.25) is 11.8 Å². The third kappa shape index (κ3) is 5.23. The maximum absolute atomic E-state index is 12.6. The van der Waals surface area contributed by atoms with Gasteiger partial charge in [-0.2, -0.15) is 0 Å². The van der Waals surface area contributed by atoms with Gasteiger partial charge in [0.1, 0.15) is 11.2 Å². The van der Waals surface area contributed by atoms with Crippen LogP contribution in [-0.2, 0) is 9.59 Å². The molecule has 0 aliphatic heterocycles. The molecule has 2 aromatic carbocycles. The second-order valence-electron chi connectivity index (χ2n) is 6.73. The summed E-state index contributed by atoms with van der Waals surface area (Å²) in [4.78, 5) is 25.1. The Morgan fingerprint density at radius 1 is 0.962 bits per heavy atom. The Kier molecular flexibility index (Phi) is 6.27. The largest absolute Gasteiger partial charge is 0.491 e. The number of carbonyl (C=O) groups is 2. The molecule has 0 saturated heterocycles. The number of benzene rings is 2. The van der Waals surface area contributed by atoms with Gasteiger partial charge in [-0.3, -0.25) is 9.59 Å². The topological polar surface area (TPSA) is 67.4 Å². The summed E-state index contributed by atoms with van der Waals surface area (Å²) in [6.45, 7) is 7.02. The van der Waals surface area contributed by atoms with Crippen molar-refractivity contribution in [3.8, 4) is 5.75 Å². The van der Waals surface area contributed by atoms with Crippen LogP contribution in [0.5, 0.6) is 5.75 Å². The van der Waals surface area contributed by atoms with Gasteiger partial charge in [-0.05, 0) is 70.2 Å². The maximum Gasteiger partial charge on any atom is 0.239 e. The van der Waals surface area contributed by atoms with Gasteiger partial charge in [0.15, 0.2) is 0 Å². The highest BCUT2D eigenvalue weighted by molar-refractivity contribution is 6.31. The summed E-state index contributed by atoms with van der Waals surface area (Å²) in [5.74, 6) is -0.109. The molecule has 138 valence electrons. The zero-order chi connectivity index (χ0) is 19.3. The molecule has 0 fully saturated rings. The van der Waals surface area contributed by atoms with Crippen molar-refractivity contribution in [3.63, 3.8) is 0 Å². The first kappa shape index (κ1) is 19.8. The van der Waals surface area contributed by atoms with Crippen molar-refractivity contribution in [1.29, 1.82) is 0 Å². The van der Waals surface area contributed by atoms with E-state index >= 15 is 0 Å². The van der Waals surface area contributed by atoms with Crippen molar-refractivity contribution in [2.24, 2.45) is 5.41 Å². The summed E-state index contributed by atoms with van der Waals surface area (Å²) in [5.41, 5.74) is -0.136. The number of carbonyl (C=O) groups excluding carboxylic acids is 2. The zero-order valence-corrected chi connectivity index (χ0v) is 16.1. The fourth-order valence-electron chi connectivity index (χ4n) is 2.13. The van der Waals surface area contributed by atoms with Crippen LogP contribution in [-0.4, -0.2) is 17.9 Å². The lowest BCUT2D eigenvalue weighted by molar-refractivity contribution is -0.135. The van der Waals surface area contributed by atoms with E-state index in [2.05, 4.69) is 10.6 Å². The molecular formula is C20H23ClN2O3. The highest BCUT2D eigenvalue weighted by Gasteiger charge is 2.36. The third-order valence-electron chi connectivity index (χ3n) is 3.70. The SMILES string of the molecule is CC(C)Oc1ccc(NC(=O)C(C)(C)C(=O)Nc2cccc(Cl)c2)cc1. The monoisotopic (exact) mass is 374 g/mol. The van der Waals surface area contributed by atoms with Crippen molar-refractivity contribution in [2.45, 2.75) is 33.8 Å². The van der Waals surface area contributed by atoms with E-state index < -0.39 is 17.2 Å². The Morgan fingerprint density at radius 2 is 1.54 bits per heavy atom. The van der Waals surface area contributed by atoms with E-state index in [1.165, 1.54) is 0 Å². The molecule has 0 heterocycles. The number of ether oxygens (including phenoxy) is 1. The first-order valence-corrected chi connectivity index (χ1v) is 8.71. The maximum atomic E-state index is 12.6. The first-order valence-electron chi connectivity index (χ1n) is 8.33. The molecule has 0 bridgehead atoms. The number of amides is 2. The minimum atomic E-state index is -1.27. The average molecular weight is 375 g/mol. The molecule has 0 atom stereocenters. The normalized spacial score (nSPS) is 11.2. The lowest BCUT2D eigenvalue weighted by atomic mass is 9.90. The minimum Gasteiger partial charge on any atom is -0.491 e. The number of hydrogen-bond acceptors (Lipinski definition) is 3. The molecule has 0 aromatic heterocycles. The summed E-state index contributed by atoms with van der Waals surface area (Å²) >= 11 is 5.92. The van der Waals surface area contributed by atoms with Crippen molar-refractivity contribution >= 4 is 34.8 Å². The fraction of sp³-hybridized carbons (Fsp3) is 0.300. The van der Waals surface area contributed by atoms with Gasteiger partial charge in [-0.15, -0.1) is 0 Å². The van der Waals surface area contributed by atoms with Crippen LogP contribution in [0.4, 0.5) is 11.4 Å². The summed E-state index contributed by atoms with van der Waals surface area (Å²) in [5, 5.41) is 5.98. The van der Waals surface area contributed by atoms with Crippen molar-refractivity contribution in [1.82, 2.24) is 0 Å². The first-order chi connectivity index (χ1) is 12.2. The molecule has 2 rings (SSSR count). The van der Waals surface area contributed by atoms with E-state index in [1.54, 1.807) is 62.4 Å². The third-order valence-corrected chi connectivity index (χ3v) is 3.94. The lowest BCUT2D eigenvalue weighted by Gasteiger charge is -2.23. The van der Waals surface area contributed by atoms with Crippen LogP contribution in [0.25, 0.3) is 0 Å². The summed E-state index contributed by atoms with van der Waals surface area (Å²) in [6.07, 6.45) is 0.0737. The predicted octanol–water partition coefficient (Wildman–Crippen LogP) is 4.73. The number of nitrogens with one attached hydrogen (secondary N) is 2. The second-order valence-corrected chi connectivity index (χ2v) is 7.17. The van der Waals surface area contributed by atoms with Crippen LogP contribution >= 0.6 is 11.6 Å². The Morgan fingerprint density at radius 3 is 2.08 bits per heavy atom. The zero-order valence-electron chi connectivity index (χ0n) is 15.3. The van der Waals surface area contributed by atoms with Crippen LogP contribution in [0.15, 0.2) is 48.5 Å². The summed E-state index contributed by atoms with van der Waals surface area (Å²) in [7, 11) is 0. The number of rotatable bonds is 6. The summed E-state index contributed by atoms with van der Waals surface area (Å²) in [6, 6.07) is 13.8. The molecule has 0 aliphatic carbocycles. The van der Waals surface area contributed by atoms with Crippen molar-refractivity contribution in [2.75, 3.05) is 10.6 Å². The molecule has 5 nitrogen and oxygen atoms in total. The lowest BCUT2D eigenvalue weighted by Crippen LogP contribution is -2.41. The number of hydrogen-bond donors (Lipinski definition) is 2. The molecule has 26 heavy (non-hydrogen) atoms. The standard InChI is InChI=1S/C20H23ClN2O3/c1-13(2)26-17-10-8-15(9-11-17)22-18(24)20(3,4)19(25)23-16-7-5-6-14(21)12-16/h5-13H,1-4H3,(H,22,24)(H,23,25). The van der Waals surface area contributed by atoms with E-state index in [1.807, 2.05) is 13.8 Å². The van der Waals surface area contributed by atoms with Crippen molar-refractivity contribution < 1.29 is 14.3 Å².